The van der Waals surface area contributed by atoms with Gasteiger partial charge in [0.05, 0.1) is 29.8 Å². The number of nitrogens with one attached hydrogen (secondary N) is 2. The summed E-state index contributed by atoms with van der Waals surface area (Å²) in [6, 6.07) is 4.90. The number of nitrogens with zero attached hydrogens (tertiary/aromatic N) is 5. The highest BCUT2D eigenvalue weighted by Gasteiger charge is 2.47. The molecule has 3 saturated carbocycles. The fourth-order valence-electron chi connectivity index (χ4n) is 5.73. The van der Waals surface area contributed by atoms with Crippen LogP contribution in [0.5, 0.6) is 0 Å². The highest BCUT2D eigenvalue weighted by atomic mass is 19.1. The lowest BCUT2D eigenvalue weighted by atomic mass is 9.61. The van der Waals surface area contributed by atoms with Crippen molar-refractivity contribution in [3.8, 4) is 11.5 Å². The van der Waals surface area contributed by atoms with Crippen molar-refractivity contribution in [2.24, 2.45) is 17.8 Å². The van der Waals surface area contributed by atoms with E-state index in [1.54, 1.807) is 11.6 Å². The maximum absolute atomic E-state index is 13.9. The average Bonchev–Trinajstić information content (AvgIpc) is 3.44. The van der Waals surface area contributed by atoms with Crippen LogP contribution >= 0.6 is 0 Å². The van der Waals surface area contributed by atoms with Gasteiger partial charge in [0.15, 0.2) is 11.5 Å². The van der Waals surface area contributed by atoms with Crippen LogP contribution < -0.4 is 5.32 Å². The van der Waals surface area contributed by atoms with Crippen LogP contribution in [0.15, 0.2) is 24.4 Å². The zero-order valence-corrected chi connectivity index (χ0v) is 18.5. The maximum atomic E-state index is 13.9. The summed E-state index contributed by atoms with van der Waals surface area (Å²) >= 11 is 0. The minimum Gasteiger partial charge on any atom is -0.481 e. The largest absolute Gasteiger partial charge is 0.481 e. The number of hydrogen-bond donors (Lipinski definition) is 3. The van der Waals surface area contributed by atoms with E-state index < -0.39 is 17.7 Å². The SMILES string of the molecule is COCc1ccc2c(N[C@@H]3C4CCC(CC4)[C@H]3C(=O)O)nc(-c3n[nH]c4ncc(F)cc34)nn12. The van der Waals surface area contributed by atoms with Crippen molar-refractivity contribution in [1.29, 1.82) is 0 Å². The van der Waals surface area contributed by atoms with E-state index in [-0.39, 0.29) is 23.7 Å². The molecule has 3 aliphatic carbocycles. The number of anilines is 1. The first-order valence-corrected chi connectivity index (χ1v) is 11.4. The Bertz CT molecular complexity index is 1390. The third-order valence-electron chi connectivity index (χ3n) is 7.28. The van der Waals surface area contributed by atoms with Gasteiger partial charge >= 0.3 is 5.97 Å². The number of carboxylic acid groups (broad SMARTS) is 1. The lowest BCUT2D eigenvalue weighted by Crippen LogP contribution is -2.51. The smallest absolute Gasteiger partial charge is 0.308 e. The van der Waals surface area contributed by atoms with Gasteiger partial charge in [-0.15, -0.1) is 5.10 Å². The summed E-state index contributed by atoms with van der Waals surface area (Å²) < 4.78 is 21.0. The summed E-state index contributed by atoms with van der Waals surface area (Å²) in [6.07, 6.45) is 5.03. The molecule has 0 unspecified atom stereocenters. The summed E-state index contributed by atoms with van der Waals surface area (Å²) in [5.74, 6) is -0.499. The lowest BCUT2D eigenvalue weighted by molar-refractivity contribution is -0.148. The van der Waals surface area contributed by atoms with Crippen molar-refractivity contribution in [1.82, 2.24) is 29.8 Å². The number of halogens is 1. The highest BCUT2D eigenvalue weighted by Crippen LogP contribution is 2.46. The average molecular weight is 465 g/mol. The van der Waals surface area contributed by atoms with E-state index in [0.717, 1.165) is 37.6 Å². The Morgan fingerprint density at radius 3 is 2.85 bits per heavy atom. The zero-order valence-electron chi connectivity index (χ0n) is 18.5. The number of H-pyrrole nitrogens is 1. The Hall–Kier alpha value is -3.60. The van der Waals surface area contributed by atoms with Gasteiger partial charge in [-0.05, 0) is 55.7 Å². The van der Waals surface area contributed by atoms with Crippen LogP contribution in [0.25, 0.3) is 28.1 Å². The Morgan fingerprint density at radius 1 is 1.29 bits per heavy atom. The zero-order chi connectivity index (χ0) is 23.4. The molecule has 10 nitrogen and oxygen atoms in total. The first-order chi connectivity index (χ1) is 16.5. The predicted molar refractivity (Wildman–Crippen MR) is 121 cm³/mol. The standard InChI is InChI=1S/C23H24FN7O3/c1-34-10-14-6-7-16-21(26-18-12-4-2-11(3-5-12)17(18)23(32)33)27-22(30-31(14)16)19-15-8-13(24)9-25-20(15)29-28-19/h6-9,11-12,17-18H,2-5,10H2,1H3,(H,32,33)(H,25,28,29)(H,26,27,30)/t11?,12?,17-,18-/m1/s1. The first kappa shape index (κ1) is 21.0. The van der Waals surface area contributed by atoms with Crippen molar-refractivity contribution in [2.75, 3.05) is 12.4 Å². The monoisotopic (exact) mass is 465 g/mol. The molecule has 0 radical (unpaired) electrons. The van der Waals surface area contributed by atoms with Gasteiger partial charge in [0.2, 0.25) is 5.82 Å². The lowest BCUT2D eigenvalue weighted by Gasteiger charge is -2.47. The van der Waals surface area contributed by atoms with E-state index in [1.165, 1.54) is 6.07 Å². The van der Waals surface area contributed by atoms with E-state index in [4.69, 9.17) is 9.72 Å². The van der Waals surface area contributed by atoms with Crippen molar-refractivity contribution >= 4 is 28.3 Å². The third kappa shape index (κ3) is 3.30. The van der Waals surface area contributed by atoms with E-state index in [2.05, 4.69) is 25.6 Å². The normalized spacial score (nSPS) is 24.2. The molecule has 3 aliphatic rings. The highest BCUT2D eigenvalue weighted by molar-refractivity contribution is 5.89. The van der Waals surface area contributed by atoms with E-state index in [1.807, 2.05) is 12.1 Å². The second kappa shape index (κ2) is 8.01. The Balaban J connectivity index is 1.49. The van der Waals surface area contributed by atoms with Crippen LogP contribution in [0.3, 0.4) is 0 Å². The number of hydrogen-bond acceptors (Lipinski definition) is 7. The number of carbonyl (C=O) groups is 1. The van der Waals surface area contributed by atoms with Gasteiger partial charge in [0, 0.05) is 13.2 Å². The van der Waals surface area contributed by atoms with Crippen molar-refractivity contribution in [3.05, 3.63) is 35.9 Å². The number of carboxylic acids is 1. The predicted octanol–water partition coefficient (Wildman–Crippen LogP) is 3.25. The van der Waals surface area contributed by atoms with Gasteiger partial charge < -0.3 is 15.2 Å². The number of ether oxygens (including phenoxy) is 1. The molecule has 34 heavy (non-hydrogen) atoms. The molecule has 4 aromatic rings. The molecule has 176 valence electrons. The van der Waals surface area contributed by atoms with Crippen LogP contribution in [-0.2, 0) is 16.1 Å². The van der Waals surface area contributed by atoms with E-state index in [9.17, 15) is 14.3 Å². The molecule has 2 atom stereocenters. The Kier molecular flexibility index (Phi) is 4.94. The van der Waals surface area contributed by atoms with Gasteiger partial charge in [-0.3, -0.25) is 9.89 Å². The van der Waals surface area contributed by atoms with Crippen LogP contribution in [-0.4, -0.2) is 54.0 Å². The molecule has 4 heterocycles. The van der Waals surface area contributed by atoms with Gasteiger partial charge in [-0.25, -0.2) is 18.9 Å². The van der Waals surface area contributed by atoms with Crippen molar-refractivity contribution < 1.29 is 19.0 Å². The molecule has 0 spiro atoms. The topological polar surface area (TPSA) is 130 Å². The summed E-state index contributed by atoms with van der Waals surface area (Å²) in [5.41, 5.74) is 2.30. The molecule has 0 aliphatic heterocycles. The summed E-state index contributed by atoms with van der Waals surface area (Å²) in [5, 5.41) is 25.7. The molecular weight excluding hydrogens is 441 g/mol. The summed E-state index contributed by atoms with van der Waals surface area (Å²) in [4.78, 5) is 21.0. The van der Waals surface area contributed by atoms with E-state index >= 15 is 0 Å². The number of fused-ring (bicyclic) bond motifs is 5. The van der Waals surface area contributed by atoms with Crippen LogP contribution in [0.2, 0.25) is 0 Å². The van der Waals surface area contributed by atoms with Crippen LogP contribution in [0.4, 0.5) is 10.2 Å². The molecule has 0 amide bonds. The maximum Gasteiger partial charge on any atom is 0.308 e. The first-order valence-electron chi connectivity index (χ1n) is 11.4. The molecule has 7 rings (SSSR count). The summed E-state index contributed by atoms with van der Waals surface area (Å²) in [7, 11) is 1.60. The van der Waals surface area contributed by atoms with Crippen molar-refractivity contribution in [3.63, 3.8) is 0 Å². The second-order valence-electron chi connectivity index (χ2n) is 9.17. The molecule has 3 N–H and O–H groups in total. The number of aromatic nitrogens is 6. The van der Waals surface area contributed by atoms with Crippen LogP contribution in [0.1, 0.15) is 31.4 Å². The summed E-state index contributed by atoms with van der Waals surface area (Å²) in [6.45, 7) is 0.327. The van der Waals surface area contributed by atoms with Gasteiger partial charge in [0.25, 0.3) is 0 Å². The number of rotatable bonds is 6. The number of pyridine rings is 1. The molecule has 4 aromatic heterocycles. The quantitative estimate of drug-likeness (QED) is 0.396. The Morgan fingerprint density at radius 2 is 2.09 bits per heavy atom. The second-order valence-corrected chi connectivity index (χ2v) is 9.17. The molecule has 11 heteroatoms. The number of aromatic amines is 1. The Labute approximate surface area is 193 Å². The van der Waals surface area contributed by atoms with Crippen molar-refractivity contribution in [2.45, 2.75) is 38.3 Å². The third-order valence-corrected chi connectivity index (χ3v) is 7.28. The molecule has 2 bridgehead atoms. The fourth-order valence-corrected chi connectivity index (χ4v) is 5.73. The molecular formula is C23H24FN7O3. The fraction of sp³-hybridized carbons (Fsp3) is 0.435. The number of aliphatic carboxylic acids is 1. The minimum absolute atomic E-state index is 0.164. The van der Waals surface area contributed by atoms with E-state index in [0.29, 0.717) is 34.7 Å². The van der Waals surface area contributed by atoms with Gasteiger partial charge in [-0.1, -0.05) is 0 Å². The van der Waals surface area contributed by atoms with Gasteiger partial charge in [0.1, 0.15) is 17.0 Å². The number of methoxy groups -OCH3 is 1. The molecule has 3 fully saturated rings. The molecule has 0 aromatic carbocycles. The minimum atomic E-state index is -0.771. The van der Waals surface area contributed by atoms with Crippen LogP contribution in [0, 0.1) is 23.6 Å². The molecule has 0 saturated heterocycles. The van der Waals surface area contributed by atoms with Gasteiger partial charge in [-0.2, -0.15) is 5.10 Å².